The molecule has 0 saturated carbocycles. The molecule has 2 saturated heterocycles. The van der Waals surface area contributed by atoms with Gasteiger partial charge in [-0.3, -0.25) is 0 Å². The number of piperidine rings is 2. The first-order chi connectivity index (χ1) is 9.42. The zero-order chi connectivity index (χ0) is 14.8. The summed E-state index contributed by atoms with van der Waals surface area (Å²) in [7, 11) is -1.24. The number of nitrogens with two attached hydrogens (primary N) is 1. The van der Waals surface area contributed by atoms with Gasteiger partial charge in [-0.15, -0.1) is 0 Å². The number of hydrogen-bond acceptors (Lipinski definition) is 4. The van der Waals surface area contributed by atoms with Crippen LogP contribution in [-0.2, 0) is 10.2 Å². The maximum absolute atomic E-state index is 12.4. The van der Waals surface area contributed by atoms with E-state index in [1.165, 1.54) is 0 Å². The molecule has 0 aromatic carbocycles. The van der Waals surface area contributed by atoms with E-state index in [9.17, 15) is 8.42 Å². The van der Waals surface area contributed by atoms with Gasteiger partial charge in [-0.1, -0.05) is 0 Å². The van der Waals surface area contributed by atoms with Crippen molar-refractivity contribution in [3.05, 3.63) is 0 Å². The third-order valence-corrected chi connectivity index (χ3v) is 6.45. The van der Waals surface area contributed by atoms with Crippen LogP contribution in [0.2, 0.25) is 0 Å². The van der Waals surface area contributed by atoms with Crippen LogP contribution in [0.3, 0.4) is 0 Å². The third-order valence-electron chi connectivity index (χ3n) is 4.77. The Morgan fingerprint density at radius 3 is 2.40 bits per heavy atom. The van der Waals surface area contributed by atoms with Crippen LogP contribution in [0, 0.1) is 5.92 Å². The van der Waals surface area contributed by atoms with Crippen LogP contribution < -0.4 is 10.5 Å². The highest BCUT2D eigenvalue weighted by Crippen LogP contribution is 2.20. The van der Waals surface area contributed by atoms with Gasteiger partial charge in [0.25, 0.3) is 10.2 Å². The Morgan fingerprint density at radius 2 is 1.85 bits per heavy atom. The molecule has 0 radical (unpaired) electrons. The standard InChI is InChI=1S/C13H28N4O2S/c1-11-9-13(5-6-16(11)2)15-20(18,19)17-7-3-12(10-14)4-8-17/h11-13,15H,3-10,14H2,1-2H3. The van der Waals surface area contributed by atoms with Crippen molar-refractivity contribution >= 4 is 10.2 Å². The minimum absolute atomic E-state index is 0.0680. The van der Waals surface area contributed by atoms with E-state index in [1.807, 2.05) is 0 Å². The Kier molecular flexibility index (Phi) is 5.42. The van der Waals surface area contributed by atoms with Crippen molar-refractivity contribution in [2.75, 3.05) is 33.2 Å². The molecule has 0 bridgehead atoms. The second-order valence-corrected chi connectivity index (χ2v) is 7.95. The number of likely N-dealkylation sites (tertiary alicyclic amines) is 1. The summed E-state index contributed by atoms with van der Waals surface area (Å²) in [6.45, 7) is 4.95. The number of nitrogens with zero attached hydrogens (tertiary/aromatic N) is 2. The first kappa shape index (κ1) is 16.2. The highest BCUT2D eigenvalue weighted by atomic mass is 32.2. The molecule has 2 fully saturated rings. The first-order valence-corrected chi connectivity index (χ1v) is 9.04. The smallest absolute Gasteiger partial charge is 0.279 e. The van der Waals surface area contributed by atoms with E-state index in [0.717, 1.165) is 32.2 Å². The van der Waals surface area contributed by atoms with E-state index >= 15 is 0 Å². The van der Waals surface area contributed by atoms with Gasteiger partial charge in [0.05, 0.1) is 0 Å². The Hall–Kier alpha value is -0.210. The Morgan fingerprint density at radius 1 is 1.20 bits per heavy atom. The van der Waals surface area contributed by atoms with Gasteiger partial charge in [0.1, 0.15) is 0 Å². The van der Waals surface area contributed by atoms with Crippen molar-refractivity contribution in [2.45, 2.75) is 44.7 Å². The maximum atomic E-state index is 12.4. The molecule has 0 aliphatic carbocycles. The molecular weight excluding hydrogens is 276 g/mol. The summed E-state index contributed by atoms with van der Waals surface area (Å²) >= 11 is 0. The fraction of sp³-hybridized carbons (Fsp3) is 1.00. The SMILES string of the molecule is CC1CC(NS(=O)(=O)N2CCC(CN)CC2)CCN1C. The summed E-state index contributed by atoms with van der Waals surface area (Å²) in [5.74, 6) is 0.477. The van der Waals surface area contributed by atoms with Gasteiger partial charge in [0.15, 0.2) is 0 Å². The molecule has 118 valence electrons. The molecule has 20 heavy (non-hydrogen) atoms. The highest BCUT2D eigenvalue weighted by molar-refractivity contribution is 7.87. The lowest BCUT2D eigenvalue weighted by Crippen LogP contribution is -2.52. The van der Waals surface area contributed by atoms with Gasteiger partial charge in [-0.25, -0.2) is 0 Å². The molecule has 0 amide bonds. The lowest BCUT2D eigenvalue weighted by molar-refractivity contribution is 0.176. The summed E-state index contributed by atoms with van der Waals surface area (Å²) in [5.41, 5.74) is 5.65. The van der Waals surface area contributed by atoms with Gasteiger partial charge in [-0.2, -0.15) is 17.4 Å². The lowest BCUT2D eigenvalue weighted by Gasteiger charge is -2.37. The van der Waals surface area contributed by atoms with Crippen LogP contribution in [0.1, 0.15) is 32.6 Å². The number of nitrogens with one attached hydrogen (secondary N) is 1. The summed E-state index contributed by atoms with van der Waals surface area (Å²) in [6.07, 6.45) is 3.52. The molecule has 7 heteroatoms. The summed E-state index contributed by atoms with van der Waals surface area (Å²) in [6, 6.07) is 0.498. The van der Waals surface area contributed by atoms with Gasteiger partial charge >= 0.3 is 0 Å². The predicted octanol–water partition coefficient (Wildman–Crippen LogP) is -0.0258. The second kappa shape index (κ2) is 6.70. The van der Waals surface area contributed by atoms with E-state index in [2.05, 4.69) is 23.6 Å². The highest BCUT2D eigenvalue weighted by Gasteiger charge is 2.31. The van der Waals surface area contributed by atoms with Crippen LogP contribution in [0.5, 0.6) is 0 Å². The van der Waals surface area contributed by atoms with Crippen molar-refractivity contribution in [3.63, 3.8) is 0 Å². The quantitative estimate of drug-likeness (QED) is 0.765. The van der Waals surface area contributed by atoms with Crippen molar-refractivity contribution in [2.24, 2.45) is 11.7 Å². The molecule has 2 aliphatic rings. The van der Waals surface area contributed by atoms with E-state index in [4.69, 9.17) is 5.73 Å². The molecule has 3 N–H and O–H groups in total. The molecule has 2 heterocycles. The van der Waals surface area contributed by atoms with Crippen molar-refractivity contribution in [1.82, 2.24) is 13.9 Å². The molecule has 2 rings (SSSR count). The Balaban J connectivity index is 1.88. The minimum Gasteiger partial charge on any atom is -0.330 e. The number of hydrogen-bond donors (Lipinski definition) is 2. The summed E-state index contributed by atoms with van der Waals surface area (Å²) < 4.78 is 29.3. The maximum Gasteiger partial charge on any atom is 0.279 e. The Labute approximate surface area is 122 Å². The third kappa shape index (κ3) is 3.92. The van der Waals surface area contributed by atoms with Crippen LogP contribution >= 0.6 is 0 Å². The molecule has 0 aromatic heterocycles. The molecule has 6 nitrogen and oxygen atoms in total. The zero-order valence-corrected chi connectivity index (χ0v) is 13.4. The van der Waals surface area contributed by atoms with Crippen LogP contribution in [-0.4, -0.2) is 62.9 Å². The lowest BCUT2D eigenvalue weighted by atomic mass is 9.99. The largest absolute Gasteiger partial charge is 0.330 e. The fourth-order valence-corrected chi connectivity index (χ4v) is 4.54. The van der Waals surface area contributed by atoms with Crippen molar-refractivity contribution in [1.29, 1.82) is 0 Å². The molecule has 2 atom stereocenters. The van der Waals surface area contributed by atoms with E-state index in [-0.39, 0.29) is 6.04 Å². The van der Waals surface area contributed by atoms with Gasteiger partial charge in [0, 0.05) is 25.2 Å². The topological polar surface area (TPSA) is 78.7 Å². The van der Waals surface area contributed by atoms with Crippen molar-refractivity contribution in [3.8, 4) is 0 Å². The summed E-state index contributed by atoms with van der Waals surface area (Å²) in [5, 5.41) is 0. The van der Waals surface area contributed by atoms with Crippen LogP contribution in [0.15, 0.2) is 0 Å². The molecule has 2 aliphatic heterocycles. The average molecular weight is 304 g/mol. The first-order valence-electron chi connectivity index (χ1n) is 7.60. The van der Waals surface area contributed by atoms with Gasteiger partial charge in [0.2, 0.25) is 0 Å². The zero-order valence-electron chi connectivity index (χ0n) is 12.6. The fourth-order valence-electron chi connectivity index (χ4n) is 3.07. The van der Waals surface area contributed by atoms with Gasteiger partial charge < -0.3 is 10.6 Å². The Bertz CT molecular complexity index is 407. The minimum atomic E-state index is -3.33. The average Bonchev–Trinajstić information content (AvgIpc) is 2.43. The van der Waals surface area contributed by atoms with Crippen LogP contribution in [0.25, 0.3) is 0 Å². The van der Waals surface area contributed by atoms with E-state index < -0.39 is 10.2 Å². The van der Waals surface area contributed by atoms with E-state index in [0.29, 0.717) is 31.6 Å². The van der Waals surface area contributed by atoms with Crippen molar-refractivity contribution < 1.29 is 8.42 Å². The van der Waals surface area contributed by atoms with E-state index in [1.54, 1.807) is 4.31 Å². The summed E-state index contributed by atoms with van der Waals surface area (Å²) in [4.78, 5) is 2.28. The van der Waals surface area contributed by atoms with Crippen LogP contribution in [0.4, 0.5) is 0 Å². The molecule has 0 spiro atoms. The molecule has 2 unspecified atom stereocenters. The normalized spacial score (nSPS) is 31.6. The monoisotopic (exact) mass is 304 g/mol. The molecule has 0 aromatic rings. The predicted molar refractivity (Wildman–Crippen MR) is 80.5 cm³/mol. The second-order valence-electron chi connectivity index (χ2n) is 6.25. The van der Waals surface area contributed by atoms with Gasteiger partial charge in [-0.05, 0) is 58.7 Å². The molecular formula is C13H28N4O2S. The number of rotatable bonds is 4.